The lowest BCUT2D eigenvalue weighted by molar-refractivity contribution is -0.236. The van der Waals surface area contributed by atoms with E-state index in [1.165, 1.54) is 25.7 Å². The largest absolute Gasteiger partial charge is 0.459 e. The second-order valence-electron chi connectivity index (χ2n) is 10.1. The van der Waals surface area contributed by atoms with Gasteiger partial charge in [0.2, 0.25) is 0 Å². The molecule has 2 spiro atoms. The molecule has 2 heterocycles. The molecule has 0 aromatic heterocycles. The number of hydrogen-bond acceptors (Lipinski definition) is 2. The van der Waals surface area contributed by atoms with E-state index in [1.807, 2.05) is 0 Å². The van der Waals surface area contributed by atoms with E-state index in [-0.39, 0.29) is 17.0 Å². The Morgan fingerprint density at radius 1 is 1.05 bits per heavy atom. The first-order valence-corrected chi connectivity index (χ1v) is 9.54. The second kappa shape index (κ2) is 3.59. The fraction of sp³-hybridized carbons (Fsp3) is 0.950. The lowest BCUT2D eigenvalue weighted by Gasteiger charge is -2.62. The van der Waals surface area contributed by atoms with Gasteiger partial charge in [-0.05, 0) is 80.5 Å². The molecule has 0 N–H and O–H groups in total. The molecule has 22 heavy (non-hydrogen) atoms. The molecule has 6 aliphatic rings. The Balaban J connectivity index is 1.63. The Labute approximate surface area is 134 Å². The molecule has 2 heteroatoms. The summed E-state index contributed by atoms with van der Waals surface area (Å²) in [4.78, 5) is 12.9. The van der Waals surface area contributed by atoms with Crippen LogP contribution in [-0.4, -0.2) is 11.6 Å². The maximum atomic E-state index is 12.9. The Kier molecular flexibility index (Phi) is 2.27. The van der Waals surface area contributed by atoms with E-state index < -0.39 is 0 Å². The van der Waals surface area contributed by atoms with Crippen LogP contribution in [0.5, 0.6) is 0 Å². The van der Waals surface area contributed by atoms with Crippen LogP contribution in [0.1, 0.15) is 72.6 Å². The number of carbonyl (C=O) groups is 1. The highest BCUT2D eigenvalue weighted by Crippen LogP contribution is 2.86. The fourth-order valence-electron chi connectivity index (χ4n) is 8.39. The zero-order valence-electron chi connectivity index (χ0n) is 14.6. The van der Waals surface area contributed by atoms with Crippen LogP contribution < -0.4 is 0 Å². The number of esters is 1. The monoisotopic (exact) mass is 302 g/mol. The Morgan fingerprint density at radius 3 is 2.45 bits per heavy atom. The number of carbonyl (C=O) groups excluding carboxylic acids is 1. The molecule has 7 atom stereocenters. The van der Waals surface area contributed by atoms with Crippen LogP contribution in [-0.2, 0) is 9.53 Å². The molecule has 4 aliphatic carbocycles. The van der Waals surface area contributed by atoms with Crippen molar-refractivity contribution in [1.29, 1.82) is 0 Å². The van der Waals surface area contributed by atoms with E-state index in [0.29, 0.717) is 16.7 Å². The summed E-state index contributed by atoms with van der Waals surface area (Å²) in [6.07, 6.45) is 8.60. The first kappa shape index (κ1) is 13.9. The van der Waals surface area contributed by atoms with Crippen molar-refractivity contribution in [2.24, 2.45) is 39.9 Å². The zero-order chi connectivity index (χ0) is 15.5. The summed E-state index contributed by atoms with van der Waals surface area (Å²) in [5, 5.41) is 0. The average Bonchev–Trinajstić information content (AvgIpc) is 3.11. The van der Waals surface area contributed by atoms with Gasteiger partial charge in [0.1, 0.15) is 5.60 Å². The Bertz CT molecular complexity index is 568. The quantitative estimate of drug-likeness (QED) is 0.663. The molecule has 6 fully saturated rings. The van der Waals surface area contributed by atoms with Gasteiger partial charge in [0, 0.05) is 5.92 Å². The van der Waals surface area contributed by atoms with E-state index in [4.69, 9.17) is 4.74 Å². The van der Waals surface area contributed by atoms with E-state index in [2.05, 4.69) is 27.7 Å². The minimum atomic E-state index is -0.132. The van der Waals surface area contributed by atoms with Crippen LogP contribution in [0.15, 0.2) is 0 Å². The van der Waals surface area contributed by atoms with E-state index in [9.17, 15) is 4.79 Å². The van der Waals surface area contributed by atoms with Gasteiger partial charge in [-0.25, -0.2) is 0 Å². The van der Waals surface area contributed by atoms with Crippen molar-refractivity contribution >= 4 is 5.97 Å². The number of hydrogen-bond donors (Lipinski definition) is 0. The van der Waals surface area contributed by atoms with Gasteiger partial charge in [-0.3, -0.25) is 4.79 Å². The minimum absolute atomic E-state index is 0.0918. The van der Waals surface area contributed by atoms with Crippen LogP contribution in [0.3, 0.4) is 0 Å². The van der Waals surface area contributed by atoms with Crippen LogP contribution in [0, 0.1) is 39.9 Å². The van der Waals surface area contributed by atoms with Crippen molar-refractivity contribution in [2.75, 3.05) is 0 Å². The first-order valence-electron chi connectivity index (χ1n) is 9.54. The Morgan fingerprint density at radius 2 is 1.77 bits per heavy atom. The fourth-order valence-corrected chi connectivity index (χ4v) is 8.39. The zero-order valence-corrected chi connectivity index (χ0v) is 14.6. The van der Waals surface area contributed by atoms with Crippen molar-refractivity contribution in [1.82, 2.24) is 0 Å². The predicted molar refractivity (Wildman–Crippen MR) is 85.1 cm³/mol. The van der Waals surface area contributed by atoms with E-state index in [0.717, 1.165) is 37.0 Å². The van der Waals surface area contributed by atoms with Gasteiger partial charge in [0.15, 0.2) is 0 Å². The normalized spacial score (nSPS) is 61.5. The van der Waals surface area contributed by atoms with Crippen molar-refractivity contribution in [3.05, 3.63) is 0 Å². The molecular formula is C20H30O2. The summed E-state index contributed by atoms with van der Waals surface area (Å²) in [7, 11) is 0. The molecule has 2 aliphatic heterocycles. The molecule has 2 bridgehead atoms. The van der Waals surface area contributed by atoms with Gasteiger partial charge in [-0.1, -0.05) is 20.8 Å². The minimum Gasteiger partial charge on any atom is -0.459 e. The highest BCUT2D eigenvalue weighted by molar-refractivity contribution is 5.82. The second-order valence-corrected chi connectivity index (χ2v) is 10.1. The van der Waals surface area contributed by atoms with Gasteiger partial charge < -0.3 is 4.74 Å². The summed E-state index contributed by atoms with van der Waals surface area (Å²) in [6, 6.07) is 0. The average molecular weight is 302 g/mol. The van der Waals surface area contributed by atoms with Crippen LogP contribution in [0.2, 0.25) is 0 Å². The van der Waals surface area contributed by atoms with Crippen LogP contribution in [0.4, 0.5) is 0 Å². The van der Waals surface area contributed by atoms with Gasteiger partial charge in [0.25, 0.3) is 0 Å². The number of fused-ring (bicyclic) bond motifs is 3. The lowest BCUT2D eigenvalue weighted by atomic mass is 9.44. The molecule has 0 aromatic rings. The molecule has 1 unspecified atom stereocenters. The predicted octanol–water partition coefficient (Wildman–Crippen LogP) is 4.57. The first-order chi connectivity index (χ1) is 10.3. The van der Waals surface area contributed by atoms with Crippen molar-refractivity contribution in [3.63, 3.8) is 0 Å². The molecule has 2 nitrogen and oxygen atoms in total. The summed E-state index contributed by atoms with van der Waals surface area (Å²) in [5.74, 6) is 3.27. The van der Waals surface area contributed by atoms with E-state index in [1.54, 1.807) is 0 Å². The van der Waals surface area contributed by atoms with Crippen molar-refractivity contribution in [2.45, 2.75) is 78.2 Å². The maximum Gasteiger partial charge on any atom is 0.313 e. The van der Waals surface area contributed by atoms with Gasteiger partial charge in [-0.15, -0.1) is 0 Å². The molecular weight excluding hydrogens is 272 g/mol. The molecule has 6 rings (SSSR count). The number of rotatable bonds is 1. The molecule has 0 radical (unpaired) electrons. The standard InChI is InChI=1S/C20H30O2/c1-12(2)13-5-6-14-17(13,3)7-9-19-10-8-18(4,22-16(19)21)15-11-20(14,15)19/h12-15H,5-11H2,1-4H3/t13-,14-,15+,17-,18+,19+,20?/m1/s1. The van der Waals surface area contributed by atoms with Crippen molar-refractivity contribution < 1.29 is 9.53 Å². The van der Waals surface area contributed by atoms with Gasteiger partial charge in [-0.2, -0.15) is 0 Å². The summed E-state index contributed by atoms with van der Waals surface area (Å²) in [5.41, 5.74) is 0.576. The molecule has 122 valence electrons. The Hall–Kier alpha value is -0.530. The molecule has 2 saturated heterocycles. The number of ether oxygens (including phenoxy) is 1. The molecule has 0 amide bonds. The third-order valence-electron chi connectivity index (χ3n) is 9.32. The summed E-state index contributed by atoms with van der Waals surface area (Å²) in [6.45, 7) is 9.62. The van der Waals surface area contributed by atoms with Gasteiger partial charge >= 0.3 is 5.97 Å². The third-order valence-corrected chi connectivity index (χ3v) is 9.32. The van der Waals surface area contributed by atoms with Crippen LogP contribution >= 0.6 is 0 Å². The van der Waals surface area contributed by atoms with Gasteiger partial charge in [0.05, 0.1) is 5.41 Å². The highest BCUT2D eigenvalue weighted by atomic mass is 16.6. The highest BCUT2D eigenvalue weighted by Gasteiger charge is 2.86. The van der Waals surface area contributed by atoms with Crippen LogP contribution in [0.25, 0.3) is 0 Å². The smallest absolute Gasteiger partial charge is 0.313 e. The van der Waals surface area contributed by atoms with E-state index >= 15 is 0 Å². The molecule has 0 aromatic carbocycles. The maximum absolute atomic E-state index is 12.9. The third kappa shape index (κ3) is 1.17. The van der Waals surface area contributed by atoms with Crippen molar-refractivity contribution in [3.8, 4) is 0 Å². The lowest BCUT2D eigenvalue weighted by Crippen LogP contribution is -2.64. The topological polar surface area (TPSA) is 26.3 Å². The summed E-state index contributed by atoms with van der Waals surface area (Å²) >= 11 is 0. The summed E-state index contributed by atoms with van der Waals surface area (Å²) < 4.78 is 6.00. The SMILES string of the molecule is CC(C)[C@H]1CC[C@H]2C34C[C@H]3[C@]3(C)CC[C@@]4(CC[C@]12C)C(=O)O3. The molecule has 4 saturated carbocycles.